The van der Waals surface area contributed by atoms with E-state index in [9.17, 15) is 4.79 Å². The molecule has 1 amide bonds. The normalized spacial score (nSPS) is 27.0. The van der Waals surface area contributed by atoms with Crippen LogP contribution in [0.25, 0.3) is 0 Å². The number of amides is 1. The lowest BCUT2D eigenvalue weighted by atomic mass is 10.1. The molecule has 5 heteroatoms. The molecule has 5 nitrogen and oxygen atoms in total. The van der Waals surface area contributed by atoms with Crippen molar-refractivity contribution in [1.29, 1.82) is 0 Å². The lowest BCUT2D eigenvalue weighted by molar-refractivity contribution is 0.0138. The Bertz CT molecular complexity index is 507. The minimum Gasteiger partial charge on any atom is -0.491 e. The zero-order valence-corrected chi connectivity index (χ0v) is 13.4. The number of carbonyl (C=O) groups is 1. The van der Waals surface area contributed by atoms with Gasteiger partial charge in [0.15, 0.2) is 0 Å². The topological polar surface area (TPSA) is 44.8 Å². The molecule has 0 aliphatic carbocycles. The first-order valence-electron chi connectivity index (χ1n) is 8.13. The van der Waals surface area contributed by atoms with Gasteiger partial charge in [-0.25, -0.2) is 0 Å². The first kappa shape index (κ1) is 15.3. The molecule has 1 atom stereocenters. The zero-order valence-electron chi connectivity index (χ0n) is 13.4. The van der Waals surface area contributed by atoms with Crippen molar-refractivity contribution >= 4 is 5.91 Å². The van der Waals surface area contributed by atoms with Gasteiger partial charge in [-0.1, -0.05) is 0 Å². The highest BCUT2D eigenvalue weighted by atomic mass is 16.5. The van der Waals surface area contributed by atoms with Gasteiger partial charge in [-0.2, -0.15) is 0 Å². The fraction of sp³-hybridized carbons (Fsp3) is 0.588. The molecule has 1 aromatic rings. The van der Waals surface area contributed by atoms with Gasteiger partial charge in [-0.05, 0) is 38.1 Å². The predicted octanol–water partition coefficient (Wildman–Crippen LogP) is 1.20. The van der Waals surface area contributed by atoms with Crippen LogP contribution in [0.5, 0.6) is 5.75 Å². The number of fused-ring (bicyclic) bond motifs is 3. The van der Waals surface area contributed by atoms with Crippen LogP contribution in [-0.4, -0.2) is 67.1 Å². The number of carbonyl (C=O) groups excluding carboxylic acids is 1. The molecule has 3 saturated heterocycles. The molecule has 22 heavy (non-hydrogen) atoms. The van der Waals surface area contributed by atoms with E-state index in [0.717, 1.165) is 31.9 Å². The van der Waals surface area contributed by atoms with E-state index in [1.54, 1.807) is 0 Å². The number of benzene rings is 1. The maximum Gasteiger partial charge on any atom is 0.251 e. The van der Waals surface area contributed by atoms with Crippen LogP contribution < -0.4 is 10.1 Å². The van der Waals surface area contributed by atoms with Gasteiger partial charge in [0.1, 0.15) is 5.75 Å². The van der Waals surface area contributed by atoms with Gasteiger partial charge in [-0.3, -0.25) is 14.6 Å². The number of hydrogen-bond donors (Lipinski definition) is 1. The van der Waals surface area contributed by atoms with Crippen LogP contribution in [-0.2, 0) is 0 Å². The van der Waals surface area contributed by atoms with Crippen molar-refractivity contribution in [2.24, 2.45) is 0 Å². The molecule has 3 fully saturated rings. The van der Waals surface area contributed by atoms with Crippen LogP contribution in [0.2, 0.25) is 0 Å². The third-order valence-electron chi connectivity index (χ3n) is 4.38. The molecule has 3 heterocycles. The summed E-state index contributed by atoms with van der Waals surface area (Å²) in [6, 6.07) is 7.81. The summed E-state index contributed by atoms with van der Waals surface area (Å²) in [5.74, 6) is 0.795. The van der Waals surface area contributed by atoms with Crippen molar-refractivity contribution in [3.8, 4) is 5.75 Å². The molecule has 1 unspecified atom stereocenters. The third-order valence-corrected chi connectivity index (χ3v) is 4.38. The van der Waals surface area contributed by atoms with Crippen LogP contribution in [0.4, 0.5) is 0 Å². The second kappa shape index (κ2) is 6.67. The largest absolute Gasteiger partial charge is 0.491 e. The minimum atomic E-state index is -0.00579. The Balaban J connectivity index is 1.51. The van der Waals surface area contributed by atoms with Gasteiger partial charge in [0.05, 0.1) is 6.10 Å². The fourth-order valence-electron chi connectivity index (χ4n) is 3.19. The standard InChI is InChI=1S/C17H25N3O2/c1-13(2)22-16-5-3-14(4-6-16)17(21)18-11-15-12-19-7-9-20(15)10-8-19/h3-6,13,15H,7-12H2,1-2H3,(H,18,21). The minimum absolute atomic E-state index is 0.00579. The average molecular weight is 303 g/mol. The van der Waals surface area contributed by atoms with Gasteiger partial charge in [0, 0.05) is 50.9 Å². The second-order valence-corrected chi connectivity index (χ2v) is 6.39. The summed E-state index contributed by atoms with van der Waals surface area (Å²) in [6.07, 6.45) is 0.144. The van der Waals surface area contributed by atoms with Gasteiger partial charge in [-0.15, -0.1) is 0 Å². The highest BCUT2D eigenvalue weighted by molar-refractivity contribution is 5.94. The Morgan fingerprint density at radius 3 is 2.45 bits per heavy atom. The lowest BCUT2D eigenvalue weighted by Gasteiger charge is -2.47. The molecule has 2 bridgehead atoms. The molecule has 0 saturated carbocycles. The summed E-state index contributed by atoms with van der Waals surface area (Å²) in [5, 5.41) is 3.07. The monoisotopic (exact) mass is 303 g/mol. The quantitative estimate of drug-likeness (QED) is 0.888. The van der Waals surface area contributed by atoms with Crippen LogP contribution >= 0.6 is 0 Å². The summed E-state index contributed by atoms with van der Waals surface area (Å²) in [4.78, 5) is 17.2. The van der Waals surface area contributed by atoms with Gasteiger partial charge in [0.25, 0.3) is 5.91 Å². The number of piperazine rings is 3. The molecule has 0 aromatic heterocycles. The summed E-state index contributed by atoms with van der Waals surface area (Å²) >= 11 is 0. The molecular formula is C17H25N3O2. The van der Waals surface area contributed by atoms with Crippen LogP contribution in [0.1, 0.15) is 24.2 Å². The molecule has 0 spiro atoms. The van der Waals surface area contributed by atoms with E-state index >= 15 is 0 Å². The van der Waals surface area contributed by atoms with Crippen molar-refractivity contribution in [2.45, 2.75) is 26.0 Å². The first-order chi connectivity index (χ1) is 10.6. The van der Waals surface area contributed by atoms with Crippen LogP contribution in [0.3, 0.4) is 0 Å². The number of nitrogens with zero attached hydrogens (tertiary/aromatic N) is 2. The molecular weight excluding hydrogens is 278 g/mol. The van der Waals surface area contributed by atoms with E-state index in [1.165, 1.54) is 13.1 Å². The van der Waals surface area contributed by atoms with E-state index in [4.69, 9.17) is 4.74 Å². The van der Waals surface area contributed by atoms with Crippen LogP contribution in [0.15, 0.2) is 24.3 Å². The number of hydrogen-bond acceptors (Lipinski definition) is 4. The Hall–Kier alpha value is -1.59. The molecule has 3 aliphatic heterocycles. The van der Waals surface area contributed by atoms with Crippen molar-refractivity contribution in [1.82, 2.24) is 15.1 Å². The fourth-order valence-corrected chi connectivity index (χ4v) is 3.19. The van der Waals surface area contributed by atoms with Gasteiger partial charge < -0.3 is 10.1 Å². The SMILES string of the molecule is CC(C)Oc1ccc(C(=O)NCC2CN3CCN2CC3)cc1. The Morgan fingerprint density at radius 1 is 1.23 bits per heavy atom. The van der Waals surface area contributed by atoms with E-state index in [1.807, 2.05) is 38.1 Å². The highest BCUT2D eigenvalue weighted by Crippen LogP contribution is 2.16. The second-order valence-electron chi connectivity index (χ2n) is 6.39. The molecule has 4 rings (SSSR count). The maximum absolute atomic E-state index is 12.2. The molecule has 0 radical (unpaired) electrons. The van der Waals surface area contributed by atoms with Crippen LogP contribution in [0, 0.1) is 0 Å². The van der Waals surface area contributed by atoms with E-state index in [0.29, 0.717) is 11.6 Å². The predicted molar refractivity (Wildman–Crippen MR) is 86.3 cm³/mol. The van der Waals surface area contributed by atoms with Crippen molar-refractivity contribution in [3.05, 3.63) is 29.8 Å². The third kappa shape index (κ3) is 3.59. The van der Waals surface area contributed by atoms with Gasteiger partial charge >= 0.3 is 0 Å². The summed E-state index contributed by atoms with van der Waals surface area (Å²) in [5.41, 5.74) is 0.687. The van der Waals surface area contributed by atoms with E-state index in [2.05, 4.69) is 15.1 Å². The first-order valence-corrected chi connectivity index (χ1v) is 8.13. The molecule has 1 aromatic carbocycles. The Kier molecular flexibility index (Phi) is 4.64. The van der Waals surface area contributed by atoms with Crippen molar-refractivity contribution in [2.75, 3.05) is 39.3 Å². The molecule has 120 valence electrons. The highest BCUT2D eigenvalue weighted by Gasteiger charge is 2.31. The lowest BCUT2D eigenvalue weighted by Crippen LogP contribution is -2.63. The summed E-state index contributed by atoms with van der Waals surface area (Å²) < 4.78 is 5.59. The Labute approximate surface area is 132 Å². The summed E-state index contributed by atoms with van der Waals surface area (Å²) in [6.45, 7) is 10.4. The summed E-state index contributed by atoms with van der Waals surface area (Å²) in [7, 11) is 0. The van der Waals surface area contributed by atoms with Crippen molar-refractivity contribution < 1.29 is 9.53 Å². The number of nitrogens with one attached hydrogen (secondary N) is 1. The average Bonchev–Trinajstić information content (AvgIpc) is 2.54. The number of rotatable bonds is 5. The Morgan fingerprint density at radius 2 is 1.91 bits per heavy atom. The smallest absolute Gasteiger partial charge is 0.251 e. The zero-order chi connectivity index (χ0) is 15.5. The van der Waals surface area contributed by atoms with Gasteiger partial charge in [0.2, 0.25) is 0 Å². The maximum atomic E-state index is 12.2. The van der Waals surface area contributed by atoms with Crippen molar-refractivity contribution in [3.63, 3.8) is 0 Å². The molecule has 3 aliphatic rings. The molecule has 1 N–H and O–H groups in total. The number of ether oxygens (including phenoxy) is 1. The van der Waals surface area contributed by atoms with E-state index < -0.39 is 0 Å². The van der Waals surface area contributed by atoms with E-state index in [-0.39, 0.29) is 12.0 Å².